The van der Waals surface area contributed by atoms with E-state index in [1.165, 1.54) is 17.2 Å². The molecule has 0 bridgehead atoms. The van der Waals surface area contributed by atoms with Crippen LogP contribution in [0.2, 0.25) is 0 Å². The van der Waals surface area contributed by atoms with E-state index in [-0.39, 0.29) is 36.1 Å². The fourth-order valence-electron chi connectivity index (χ4n) is 6.36. The average molecular weight is 504 g/mol. The second kappa shape index (κ2) is 8.59. The highest BCUT2D eigenvalue weighted by Gasteiger charge is 2.60. The number of amides is 1. The van der Waals surface area contributed by atoms with E-state index in [1.54, 1.807) is 6.07 Å². The Kier molecular flexibility index (Phi) is 5.75. The maximum atomic E-state index is 13.6. The molecule has 2 aromatic rings. The van der Waals surface area contributed by atoms with Crippen molar-refractivity contribution in [3.63, 3.8) is 0 Å². The van der Waals surface area contributed by atoms with Crippen LogP contribution >= 0.6 is 0 Å². The number of carbonyl (C=O) groups is 3. The second-order valence-corrected chi connectivity index (χ2v) is 10.1. The SMILES string of the molecule is CCc1ccc(-c2ccc(O)c3c2C[C@H]2C[C@H]4CC(=O)C(C(N)=O)=C(O)[C@@]4(O)C(=O)C2=C3O)cc1CC. The van der Waals surface area contributed by atoms with Crippen molar-refractivity contribution in [2.45, 2.75) is 51.6 Å². The first-order valence-corrected chi connectivity index (χ1v) is 12.5. The molecule has 0 radical (unpaired) electrons. The Balaban J connectivity index is 1.69. The molecule has 6 N–H and O–H groups in total. The van der Waals surface area contributed by atoms with Crippen molar-refractivity contribution in [2.24, 2.45) is 17.6 Å². The number of phenols is 1. The summed E-state index contributed by atoms with van der Waals surface area (Å²) < 4.78 is 0. The van der Waals surface area contributed by atoms with Gasteiger partial charge in [0.05, 0.1) is 5.56 Å². The van der Waals surface area contributed by atoms with Crippen LogP contribution in [0.25, 0.3) is 16.9 Å². The molecule has 0 spiro atoms. The second-order valence-electron chi connectivity index (χ2n) is 10.1. The van der Waals surface area contributed by atoms with E-state index >= 15 is 0 Å². The number of hydrogen-bond acceptors (Lipinski definition) is 7. The highest BCUT2D eigenvalue weighted by Crippen LogP contribution is 2.53. The molecule has 1 fully saturated rings. The van der Waals surface area contributed by atoms with Crippen LogP contribution in [0, 0.1) is 11.8 Å². The topological polar surface area (TPSA) is 158 Å². The molecular formula is C29H29NO7. The maximum Gasteiger partial charge on any atom is 0.255 e. The van der Waals surface area contributed by atoms with Crippen LogP contribution in [0.1, 0.15) is 48.9 Å². The summed E-state index contributed by atoms with van der Waals surface area (Å²) in [5.41, 5.74) is 6.66. The van der Waals surface area contributed by atoms with Crippen LogP contribution in [-0.4, -0.2) is 43.5 Å². The molecule has 8 nitrogen and oxygen atoms in total. The number of carbonyl (C=O) groups excluding carboxylic acids is 3. The molecule has 8 heteroatoms. The number of nitrogens with two attached hydrogens (primary N) is 1. The van der Waals surface area contributed by atoms with E-state index in [9.17, 15) is 34.8 Å². The standard InChI is InChI=1S/C29H29NO7/c1-3-13-5-6-15(9-14(13)4-2)18-7-8-20(31)23-19(18)11-16-10-17-12-21(32)24(28(30)36)27(35)29(17,37)26(34)22(16)25(23)33/h5-9,16-17,31,33,35,37H,3-4,10-12H2,1-2H3,(H2,30,36)/t16-,17+,29+/m1/s1. The van der Waals surface area contributed by atoms with Crippen molar-refractivity contribution in [3.8, 4) is 16.9 Å². The molecular weight excluding hydrogens is 474 g/mol. The van der Waals surface area contributed by atoms with Gasteiger partial charge < -0.3 is 26.2 Å². The Morgan fingerprint density at radius 2 is 1.73 bits per heavy atom. The van der Waals surface area contributed by atoms with Crippen LogP contribution in [0.15, 0.2) is 47.2 Å². The van der Waals surface area contributed by atoms with E-state index in [1.807, 2.05) is 6.07 Å². The lowest BCUT2D eigenvalue weighted by atomic mass is 9.59. The van der Waals surface area contributed by atoms with Crippen molar-refractivity contribution in [2.75, 3.05) is 0 Å². The van der Waals surface area contributed by atoms with Gasteiger partial charge >= 0.3 is 0 Å². The van der Waals surface area contributed by atoms with Gasteiger partial charge in [0.15, 0.2) is 11.4 Å². The number of aliphatic hydroxyl groups is 3. The summed E-state index contributed by atoms with van der Waals surface area (Å²) in [5.74, 6) is -6.30. The van der Waals surface area contributed by atoms with Gasteiger partial charge in [0.25, 0.3) is 5.91 Å². The van der Waals surface area contributed by atoms with Crippen molar-refractivity contribution in [1.82, 2.24) is 0 Å². The van der Waals surface area contributed by atoms with Gasteiger partial charge in [-0.25, -0.2) is 0 Å². The van der Waals surface area contributed by atoms with Gasteiger partial charge in [0, 0.05) is 17.9 Å². The van der Waals surface area contributed by atoms with Gasteiger partial charge in [-0.3, -0.25) is 14.4 Å². The maximum absolute atomic E-state index is 13.6. The lowest BCUT2D eigenvalue weighted by molar-refractivity contribution is -0.147. The summed E-state index contributed by atoms with van der Waals surface area (Å²) >= 11 is 0. The number of aliphatic hydroxyl groups excluding tert-OH is 2. The van der Waals surface area contributed by atoms with Crippen molar-refractivity contribution in [3.05, 3.63) is 69.5 Å². The highest BCUT2D eigenvalue weighted by molar-refractivity contribution is 6.22. The third-order valence-electron chi connectivity index (χ3n) is 8.23. The van der Waals surface area contributed by atoms with Gasteiger partial charge in [-0.1, -0.05) is 38.1 Å². The first-order valence-electron chi connectivity index (χ1n) is 12.5. The minimum absolute atomic E-state index is 0.0993. The lowest BCUT2D eigenvalue weighted by Gasteiger charge is -2.46. The number of phenolic OH excluding ortho intramolecular Hbond substituents is 1. The Bertz CT molecular complexity index is 1450. The minimum atomic E-state index is -2.56. The third-order valence-corrected chi connectivity index (χ3v) is 8.23. The number of hydrogen-bond donors (Lipinski definition) is 5. The summed E-state index contributed by atoms with van der Waals surface area (Å²) in [6.07, 6.45) is 1.79. The largest absolute Gasteiger partial charge is 0.508 e. The Hall–Kier alpha value is -3.91. The number of aryl methyl sites for hydroxylation is 2. The van der Waals surface area contributed by atoms with Crippen LogP contribution in [0.5, 0.6) is 5.75 Å². The first kappa shape index (κ1) is 24.8. The number of benzene rings is 2. The normalized spacial score (nSPS) is 25.1. The van der Waals surface area contributed by atoms with Crippen molar-refractivity contribution in [1.29, 1.82) is 0 Å². The molecule has 5 rings (SSSR count). The molecule has 0 unspecified atom stereocenters. The quantitative estimate of drug-likeness (QED) is 0.401. The van der Waals surface area contributed by atoms with Gasteiger partial charge in [-0.15, -0.1) is 0 Å². The molecule has 0 saturated heterocycles. The summed E-state index contributed by atoms with van der Waals surface area (Å²) in [4.78, 5) is 37.9. The predicted octanol–water partition coefficient (Wildman–Crippen LogP) is 3.22. The van der Waals surface area contributed by atoms with Gasteiger partial charge in [-0.2, -0.15) is 0 Å². The highest BCUT2D eigenvalue weighted by atomic mass is 16.3. The zero-order valence-electron chi connectivity index (χ0n) is 20.7. The number of ketones is 2. The summed E-state index contributed by atoms with van der Waals surface area (Å²) in [5, 5.41) is 44.1. The fourth-order valence-corrected chi connectivity index (χ4v) is 6.36. The van der Waals surface area contributed by atoms with Crippen LogP contribution < -0.4 is 5.73 Å². The molecule has 3 aliphatic carbocycles. The van der Waals surface area contributed by atoms with E-state index in [2.05, 4.69) is 26.0 Å². The molecule has 3 atom stereocenters. The van der Waals surface area contributed by atoms with E-state index in [0.29, 0.717) is 5.56 Å². The summed E-state index contributed by atoms with van der Waals surface area (Å²) in [7, 11) is 0. The Labute approximate surface area is 213 Å². The van der Waals surface area contributed by atoms with Gasteiger partial charge in [0.2, 0.25) is 5.78 Å². The zero-order chi connectivity index (χ0) is 26.8. The van der Waals surface area contributed by atoms with Crippen LogP contribution in [-0.2, 0) is 33.6 Å². The predicted molar refractivity (Wildman–Crippen MR) is 136 cm³/mol. The first-order chi connectivity index (χ1) is 17.5. The molecule has 1 amide bonds. The van der Waals surface area contributed by atoms with Gasteiger partial charge in [0.1, 0.15) is 22.8 Å². The number of aromatic hydroxyl groups is 1. The average Bonchev–Trinajstić information content (AvgIpc) is 2.85. The summed E-state index contributed by atoms with van der Waals surface area (Å²) in [6, 6.07) is 9.41. The number of fused-ring (bicyclic) bond motifs is 3. The smallest absolute Gasteiger partial charge is 0.255 e. The van der Waals surface area contributed by atoms with Crippen LogP contribution in [0.4, 0.5) is 0 Å². The molecule has 0 heterocycles. The number of Topliss-reactive ketones (excluding diaryl/α,β-unsaturated/α-hetero) is 2. The van der Waals surface area contributed by atoms with E-state index in [0.717, 1.165) is 24.0 Å². The third kappa shape index (κ3) is 3.43. The molecule has 192 valence electrons. The molecule has 0 aromatic heterocycles. The van der Waals surface area contributed by atoms with Crippen LogP contribution in [0.3, 0.4) is 0 Å². The molecule has 37 heavy (non-hydrogen) atoms. The van der Waals surface area contributed by atoms with Crippen molar-refractivity contribution < 1.29 is 34.8 Å². The number of rotatable bonds is 4. The molecule has 3 aliphatic rings. The summed E-state index contributed by atoms with van der Waals surface area (Å²) in [6.45, 7) is 4.18. The molecule has 0 aliphatic heterocycles. The lowest BCUT2D eigenvalue weighted by Crippen LogP contribution is -2.58. The monoisotopic (exact) mass is 503 g/mol. The minimum Gasteiger partial charge on any atom is -0.508 e. The molecule has 1 saturated carbocycles. The van der Waals surface area contributed by atoms with E-state index < -0.39 is 52.0 Å². The van der Waals surface area contributed by atoms with Crippen molar-refractivity contribution >= 4 is 23.2 Å². The van der Waals surface area contributed by atoms with E-state index in [4.69, 9.17) is 5.73 Å². The van der Waals surface area contributed by atoms with Gasteiger partial charge in [-0.05, 0) is 65.5 Å². The molecule has 2 aromatic carbocycles. The Morgan fingerprint density at radius 1 is 1.03 bits per heavy atom. The fraction of sp³-hybridized carbons (Fsp3) is 0.345. The number of primary amides is 1. The zero-order valence-corrected chi connectivity index (χ0v) is 20.7. The Morgan fingerprint density at radius 3 is 2.38 bits per heavy atom.